The van der Waals surface area contributed by atoms with Crippen LogP contribution in [0, 0.1) is 6.92 Å². The zero-order chi connectivity index (χ0) is 18.5. The van der Waals surface area contributed by atoms with Crippen LogP contribution in [0.3, 0.4) is 0 Å². The molecule has 26 heavy (non-hydrogen) atoms. The summed E-state index contributed by atoms with van der Waals surface area (Å²) in [5, 5.41) is 2.95. The number of nitrogens with two attached hydrogens (primary N) is 1. The van der Waals surface area contributed by atoms with Gasteiger partial charge in [0.1, 0.15) is 23.4 Å². The molecule has 0 saturated carbocycles. The molecule has 0 spiro atoms. The molecule has 1 saturated heterocycles. The summed E-state index contributed by atoms with van der Waals surface area (Å²) in [4.78, 5) is 31.7. The second-order valence-corrected chi connectivity index (χ2v) is 5.98. The number of carbonyl (C=O) groups excluding carboxylic acids is 2. The van der Waals surface area contributed by atoms with Gasteiger partial charge < -0.3 is 20.5 Å². The van der Waals surface area contributed by atoms with E-state index in [4.69, 9.17) is 15.2 Å². The maximum absolute atomic E-state index is 12.4. The predicted molar refractivity (Wildman–Crippen MR) is 92.8 cm³/mol. The first-order valence-corrected chi connectivity index (χ1v) is 8.28. The lowest BCUT2D eigenvalue weighted by Crippen LogP contribution is -2.51. The lowest BCUT2D eigenvalue weighted by molar-refractivity contribution is -0.0135. The molecule has 2 amide bonds. The van der Waals surface area contributed by atoms with Crippen LogP contribution in [0.2, 0.25) is 0 Å². The summed E-state index contributed by atoms with van der Waals surface area (Å²) < 4.78 is 11.4. The highest BCUT2D eigenvalue weighted by Gasteiger charge is 2.29. The lowest BCUT2D eigenvalue weighted by atomic mass is 10.1. The number of ether oxygens (including phenoxy) is 2. The van der Waals surface area contributed by atoms with Gasteiger partial charge in [-0.3, -0.25) is 9.59 Å². The van der Waals surface area contributed by atoms with Crippen LogP contribution in [0.25, 0.3) is 0 Å². The number of aryl methyl sites for hydroxylation is 1. The average Bonchev–Trinajstić information content (AvgIpc) is 2.64. The third-order valence-electron chi connectivity index (χ3n) is 4.06. The maximum atomic E-state index is 12.4. The predicted octanol–water partition coefficient (Wildman–Crippen LogP) is 0.850. The van der Waals surface area contributed by atoms with Gasteiger partial charge in [-0.25, -0.2) is 9.97 Å². The van der Waals surface area contributed by atoms with Crippen molar-refractivity contribution in [3.8, 4) is 5.75 Å². The molecule has 2 aromatic rings. The number of hydrogen-bond donors (Lipinski definition) is 2. The molecule has 0 unspecified atom stereocenters. The standard InChI is InChI=1S/C18H20N4O4/c1-11-20-8-6-15(21-11)18(24)22-14-7-9-25-10-16(14)26-13-4-2-12(3-5-13)17(19)23/h2-6,8,14,16H,7,9-10H2,1H3,(H2,19,23)(H,22,24)/t14-,16-/m1/s1. The molecule has 3 rings (SSSR count). The summed E-state index contributed by atoms with van der Waals surface area (Å²) in [7, 11) is 0. The van der Waals surface area contributed by atoms with E-state index in [2.05, 4.69) is 15.3 Å². The van der Waals surface area contributed by atoms with Crippen LogP contribution in [0.15, 0.2) is 36.5 Å². The van der Waals surface area contributed by atoms with E-state index in [-0.39, 0.29) is 18.1 Å². The zero-order valence-corrected chi connectivity index (χ0v) is 14.3. The van der Waals surface area contributed by atoms with Crippen LogP contribution in [-0.2, 0) is 4.74 Å². The van der Waals surface area contributed by atoms with Crippen LogP contribution in [0.4, 0.5) is 0 Å². The summed E-state index contributed by atoms with van der Waals surface area (Å²) >= 11 is 0. The Hall–Kier alpha value is -3.00. The first-order valence-electron chi connectivity index (χ1n) is 8.28. The average molecular weight is 356 g/mol. The zero-order valence-electron chi connectivity index (χ0n) is 14.3. The fourth-order valence-corrected chi connectivity index (χ4v) is 2.69. The Morgan fingerprint density at radius 3 is 2.73 bits per heavy atom. The molecule has 1 aliphatic heterocycles. The van der Waals surface area contributed by atoms with Crippen molar-refractivity contribution in [3.63, 3.8) is 0 Å². The minimum absolute atomic E-state index is 0.220. The molecule has 0 radical (unpaired) electrons. The number of rotatable bonds is 5. The molecule has 8 heteroatoms. The highest BCUT2D eigenvalue weighted by molar-refractivity contribution is 5.93. The summed E-state index contributed by atoms with van der Waals surface area (Å²) in [5.41, 5.74) is 5.95. The molecule has 1 aliphatic rings. The van der Waals surface area contributed by atoms with Gasteiger partial charge in [0.2, 0.25) is 5.91 Å². The molecule has 0 aliphatic carbocycles. The van der Waals surface area contributed by atoms with E-state index >= 15 is 0 Å². The van der Waals surface area contributed by atoms with Crippen molar-refractivity contribution in [1.29, 1.82) is 0 Å². The van der Waals surface area contributed by atoms with Gasteiger partial charge in [0.25, 0.3) is 5.91 Å². The van der Waals surface area contributed by atoms with Crippen LogP contribution < -0.4 is 15.8 Å². The summed E-state index contributed by atoms with van der Waals surface area (Å²) in [6, 6.07) is 7.88. The number of nitrogens with one attached hydrogen (secondary N) is 1. The van der Waals surface area contributed by atoms with Gasteiger partial charge >= 0.3 is 0 Å². The molecule has 1 fully saturated rings. The van der Waals surface area contributed by atoms with Crippen molar-refractivity contribution in [2.45, 2.75) is 25.5 Å². The van der Waals surface area contributed by atoms with Crippen molar-refractivity contribution < 1.29 is 19.1 Å². The lowest BCUT2D eigenvalue weighted by Gasteiger charge is -2.32. The molecule has 2 atom stereocenters. The first-order chi connectivity index (χ1) is 12.5. The number of carbonyl (C=O) groups is 2. The Labute approximate surface area is 150 Å². The Balaban J connectivity index is 1.67. The first kappa shape index (κ1) is 17.8. The topological polar surface area (TPSA) is 116 Å². The number of primary amides is 1. The van der Waals surface area contributed by atoms with Crippen LogP contribution in [-0.4, -0.2) is 47.1 Å². The van der Waals surface area contributed by atoms with Gasteiger partial charge in [-0.2, -0.15) is 0 Å². The van der Waals surface area contributed by atoms with Crippen molar-refractivity contribution in [2.24, 2.45) is 5.73 Å². The molecule has 1 aromatic heterocycles. The largest absolute Gasteiger partial charge is 0.486 e. The molecular weight excluding hydrogens is 336 g/mol. The molecule has 136 valence electrons. The van der Waals surface area contributed by atoms with E-state index in [0.717, 1.165) is 0 Å². The van der Waals surface area contributed by atoms with E-state index in [1.54, 1.807) is 43.5 Å². The minimum Gasteiger partial charge on any atom is -0.486 e. The number of hydrogen-bond acceptors (Lipinski definition) is 6. The van der Waals surface area contributed by atoms with Crippen molar-refractivity contribution in [2.75, 3.05) is 13.2 Å². The quantitative estimate of drug-likeness (QED) is 0.820. The smallest absolute Gasteiger partial charge is 0.270 e. The van der Waals surface area contributed by atoms with Crippen molar-refractivity contribution >= 4 is 11.8 Å². The van der Waals surface area contributed by atoms with Crippen LogP contribution in [0.1, 0.15) is 33.1 Å². The van der Waals surface area contributed by atoms with Gasteiger partial charge in [-0.15, -0.1) is 0 Å². The van der Waals surface area contributed by atoms with Gasteiger partial charge in [-0.1, -0.05) is 0 Å². The Morgan fingerprint density at radius 2 is 2.04 bits per heavy atom. The van der Waals surface area contributed by atoms with E-state index < -0.39 is 5.91 Å². The van der Waals surface area contributed by atoms with Crippen LogP contribution >= 0.6 is 0 Å². The number of benzene rings is 1. The van der Waals surface area contributed by atoms with E-state index in [9.17, 15) is 9.59 Å². The summed E-state index contributed by atoms with van der Waals surface area (Å²) in [6.07, 6.45) is 1.82. The van der Waals surface area contributed by atoms with Crippen molar-refractivity contribution in [1.82, 2.24) is 15.3 Å². The summed E-state index contributed by atoms with van der Waals surface area (Å²) in [6.45, 7) is 2.62. The molecule has 3 N–H and O–H groups in total. The number of aromatic nitrogens is 2. The van der Waals surface area contributed by atoms with Gasteiger partial charge in [0.05, 0.1) is 12.6 Å². The van der Waals surface area contributed by atoms with Gasteiger partial charge in [0, 0.05) is 18.4 Å². The Morgan fingerprint density at radius 1 is 1.27 bits per heavy atom. The third kappa shape index (κ3) is 4.34. The number of amides is 2. The second kappa shape index (κ2) is 7.92. The Kier molecular flexibility index (Phi) is 5.43. The van der Waals surface area contributed by atoms with E-state index in [1.165, 1.54) is 0 Å². The molecule has 0 bridgehead atoms. The van der Waals surface area contributed by atoms with Gasteiger partial charge in [0.15, 0.2) is 0 Å². The van der Waals surface area contributed by atoms with Gasteiger partial charge in [-0.05, 0) is 43.7 Å². The molecule has 8 nitrogen and oxygen atoms in total. The molecule has 1 aromatic carbocycles. The third-order valence-corrected chi connectivity index (χ3v) is 4.06. The fraction of sp³-hybridized carbons (Fsp3) is 0.333. The Bertz CT molecular complexity index is 794. The normalized spacial score (nSPS) is 19.6. The summed E-state index contributed by atoms with van der Waals surface area (Å²) in [5.74, 6) is 0.331. The highest BCUT2D eigenvalue weighted by atomic mass is 16.5. The van der Waals surface area contributed by atoms with E-state index in [0.29, 0.717) is 42.5 Å². The molecular formula is C18H20N4O4. The fourth-order valence-electron chi connectivity index (χ4n) is 2.69. The minimum atomic E-state index is -0.497. The molecule has 2 heterocycles. The van der Waals surface area contributed by atoms with E-state index in [1.807, 2.05) is 0 Å². The SMILES string of the molecule is Cc1nccc(C(=O)N[C@@H]2CCOC[C@H]2Oc2ccc(C(N)=O)cc2)n1. The van der Waals surface area contributed by atoms with Crippen molar-refractivity contribution in [3.05, 3.63) is 53.6 Å². The second-order valence-electron chi connectivity index (χ2n) is 5.98. The monoisotopic (exact) mass is 356 g/mol. The van der Waals surface area contributed by atoms with Crippen LogP contribution in [0.5, 0.6) is 5.75 Å². The number of nitrogens with zero attached hydrogens (tertiary/aromatic N) is 2. The highest BCUT2D eigenvalue weighted by Crippen LogP contribution is 2.19. The maximum Gasteiger partial charge on any atom is 0.270 e.